The molecule has 1 N–H and O–H groups in total. The second-order valence-corrected chi connectivity index (χ2v) is 6.00. The lowest BCUT2D eigenvalue weighted by molar-refractivity contribution is 0.326. The molecule has 2 aromatic rings. The summed E-state index contributed by atoms with van der Waals surface area (Å²) in [6, 6.07) is 9.34. The third-order valence-corrected chi connectivity index (χ3v) is 4.03. The van der Waals surface area contributed by atoms with Crippen LogP contribution in [-0.2, 0) is 10.0 Å². The highest BCUT2D eigenvalue weighted by Gasteiger charge is 2.14. The molecule has 2 rings (SSSR count). The van der Waals surface area contributed by atoms with Crippen molar-refractivity contribution in [2.24, 2.45) is 0 Å². The summed E-state index contributed by atoms with van der Waals surface area (Å²) in [7, 11) is -3.67. The van der Waals surface area contributed by atoms with Crippen LogP contribution in [0.4, 0.5) is 5.69 Å². The smallest absolute Gasteiger partial charge is 0.263 e. The minimum Gasteiger partial charge on any atom is -0.478 e. The van der Waals surface area contributed by atoms with Gasteiger partial charge in [0.15, 0.2) is 0 Å². The molecule has 0 aliphatic carbocycles. The van der Waals surface area contributed by atoms with E-state index in [2.05, 4.69) is 9.71 Å². The molecule has 7 heteroatoms. The van der Waals surface area contributed by atoms with E-state index in [4.69, 9.17) is 16.3 Å². The standard InChI is InChI=1S/C13H13ClN2O3S/c1-2-19-13-8-7-12(9-15-13)20(17,18)16-11-5-3-10(14)4-6-11/h3-9,16H,2H2,1H3. The highest BCUT2D eigenvalue weighted by molar-refractivity contribution is 7.92. The molecule has 0 fully saturated rings. The molecular weight excluding hydrogens is 300 g/mol. The van der Waals surface area contributed by atoms with Gasteiger partial charge in [-0.05, 0) is 37.3 Å². The van der Waals surface area contributed by atoms with Crippen LogP contribution in [0, 0.1) is 0 Å². The zero-order valence-corrected chi connectivity index (χ0v) is 12.3. The van der Waals surface area contributed by atoms with Crippen molar-refractivity contribution in [1.29, 1.82) is 0 Å². The van der Waals surface area contributed by atoms with Crippen LogP contribution >= 0.6 is 11.6 Å². The number of ether oxygens (including phenoxy) is 1. The maximum atomic E-state index is 12.1. The number of rotatable bonds is 5. The molecule has 0 saturated carbocycles. The highest BCUT2D eigenvalue weighted by Crippen LogP contribution is 2.19. The number of nitrogens with zero attached hydrogens (tertiary/aromatic N) is 1. The molecule has 106 valence electrons. The van der Waals surface area contributed by atoms with Crippen molar-refractivity contribution in [3.63, 3.8) is 0 Å². The lowest BCUT2D eigenvalue weighted by Crippen LogP contribution is -2.13. The summed E-state index contributed by atoms with van der Waals surface area (Å²) < 4.78 is 31.9. The average molecular weight is 313 g/mol. The number of hydrogen-bond donors (Lipinski definition) is 1. The Bertz CT molecular complexity index is 670. The van der Waals surface area contributed by atoms with Gasteiger partial charge in [0.05, 0.1) is 12.8 Å². The average Bonchev–Trinajstić information content (AvgIpc) is 2.42. The van der Waals surface area contributed by atoms with E-state index < -0.39 is 10.0 Å². The molecule has 0 saturated heterocycles. The minimum atomic E-state index is -3.67. The first kappa shape index (κ1) is 14.6. The lowest BCUT2D eigenvalue weighted by atomic mass is 10.3. The summed E-state index contributed by atoms with van der Waals surface area (Å²) in [5, 5.41) is 0.538. The normalized spacial score (nSPS) is 11.1. The van der Waals surface area contributed by atoms with Gasteiger partial charge in [-0.2, -0.15) is 0 Å². The second kappa shape index (κ2) is 6.11. The van der Waals surface area contributed by atoms with Gasteiger partial charge in [0.1, 0.15) is 4.90 Å². The Kier molecular flexibility index (Phi) is 4.46. The van der Waals surface area contributed by atoms with Crippen molar-refractivity contribution >= 4 is 27.3 Å². The summed E-state index contributed by atoms with van der Waals surface area (Å²) in [4.78, 5) is 3.99. The maximum Gasteiger partial charge on any atom is 0.263 e. The highest BCUT2D eigenvalue weighted by atomic mass is 35.5. The molecule has 5 nitrogen and oxygen atoms in total. The summed E-state index contributed by atoms with van der Waals surface area (Å²) in [6.45, 7) is 2.30. The molecule has 20 heavy (non-hydrogen) atoms. The molecule has 0 radical (unpaired) electrons. The van der Waals surface area contributed by atoms with Crippen LogP contribution < -0.4 is 9.46 Å². The summed E-state index contributed by atoms with van der Waals surface area (Å²) >= 11 is 5.75. The van der Waals surface area contributed by atoms with Crippen molar-refractivity contribution in [3.8, 4) is 5.88 Å². The van der Waals surface area contributed by atoms with E-state index in [0.29, 0.717) is 23.2 Å². The van der Waals surface area contributed by atoms with E-state index in [0.717, 1.165) is 0 Å². The Morgan fingerprint density at radius 1 is 1.20 bits per heavy atom. The molecule has 0 bridgehead atoms. The summed E-state index contributed by atoms with van der Waals surface area (Å²) in [5.41, 5.74) is 0.434. The van der Waals surface area contributed by atoms with Crippen LogP contribution in [0.1, 0.15) is 6.92 Å². The van der Waals surface area contributed by atoms with Crippen molar-refractivity contribution in [2.75, 3.05) is 11.3 Å². The Labute approximate surface area is 122 Å². The fourth-order valence-electron chi connectivity index (χ4n) is 1.49. The summed E-state index contributed by atoms with van der Waals surface area (Å²) in [5.74, 6) is 0.387. The molecule has 1 aromatic heterocycles. The van der Waals surface area contributed by atoms with Gasteiger partial charge in [-0.1, -0.05) is 11.6 Å². The van der Waals surface area contributed by atoms with Crippen LogP contribution in [0.15, 0.2) is 47.5 Å². The Morgan fingerprint density at radius 2 is 1.90 bits per heavy atom. The van der Waals surface area contributed by atoms with Gasteiger partial charge >= 0.3 is 0 Å². The van der Waals surface area contributed by atoms with Gasteiger partial charge in [-0.3, -0.25) is 4.72 Å². The molecule has 0 unspecified atom stereocenters. The first-order valence-electron chi connectivity index (χ1n) is 5.88. The molecule has 0 amide bonds. The van der Waals surface area contributed by atoms with Gasteiger partial charge in [0, 0.05) is 16.8 Å². The third-order valence-electron chi connectivity index (χ3n) is 2.41. The first-order chi connectivity index (χ1) is 9.51. The molecule has 0 spiro atoms. The van der Waals surface area contributed by atoms with E-state index in [-0.39, 0.29) is 4.90 Å². The number of aromatic nitrogens is 1. The quantitative estimate of drug-likeness (QED) is 0.921. The zero-order valence-electron chi connectivity index (χ0n) is 10.7. The van der Waals surface area contributed by atoms with Crippen molar-refractivity contribution in [3.05, 3.63) is 47.6 Å². The van der Waals surface area contributed by atoms with Crippen molar-refractivity contribution in [1.82, 2.24) is 4.98 Å². The van der Waals surface area contributed by atoms with Crippen LogP contribution in [0.3, 0.4) is 0 Å². The van der Waals surface area contributed by atoms with E-state index in [9.17, 15) is 8.42 Å². The van der Waals surface area contributed by atoms with Crippen molar-refractivity contribution < 1.29 is 13.2 Å². The lowest BCUT2D eigenvalue weighted by Gasteiger charge is -2.08. The number of hydrogen-bond acceptors (Lipinski definition) is 4. The van der Waals surface area contributed by atoms with E-state index in [1.54, 1.807) is 24.3 Å². The van der Waals surface area contributed by atoms with Crippen LogP contribution in [0.25, 0.3) is 0 Å². The van der Waals surface area contributed by atoms with Gasteiger partial charge in [0.25, 0.3) is 10.0 Å². The van der Waals surface area contributed by atoms with Crippen LogP contribution in [0.5, 0.6) is 5.88 Å². The maximum absolute atomic E-state index is 12.1. The molecule has 0 atom stereocenters. The first-order valence-corrected chi connectivity index (χ1v) is 7.74. The molecule has 0 aliphatic heterocycles. The molecule has 1 heterocycles. The molecule has 1 aromatic carbocycles. The van der Waals surface area contributed by atoms with Crippen LogP contribution in [-0.4, -0.2) is 20.0 Å². The number of nitrogens with one attached hydrogen (secondary N) is 1. The number of halogens is 1. The van der Waals surface area contributed by atoms with Crippen molar-refractivity contribution in [2.45, 2.75) is 11.8 Å². The van der Waals surface area contributed by atoms with E-state index in [1.807, 2.05) is 6.92 Å². The topological polar surface area (TPSA) is 68.3 Å². The fraction of sp³-hybridized carbons (Fsp3) is 0.154. The fourth-order valence-corrected chi connectivity index (χ4v) is 2.62. The molecular formula is C13H13ClN2O3S. The number of benzene rings is 1. The Balaban J connectivity index is 2.19. The number of sulfonamides is 1. The van der Waals surface area contributed by atoms with Gasteiger partial charge in [0.2, 0.25) is 5.88 Å². The van der Waals surface area contributed by atoms with E-state index >= 15 is 0 Å². The number of pyridine rings is 1. The van der Waals surface area contributed by atoms with Gasteiger partial charge in [-0.25, -0.2) is 13.4 Å². The largest absolute Gasteiger partial charge is 0.478 e. The Hall–Kier alpha value is -1.79. The Morgan fingerprint density at radius 3 is 2.45 bits per heavy atom. The van der Waals surface area contributed by atoms with Gasteiger partial charge in [-0.15, -0.1) is 0 Å². The molecule has 0 aliphatic rings. The third kappa shape index (κ3) is 3.61. The predicted octanol–water partition coefficient (Wildman–Crippen LogP) is 2.93. The summed E-state index contributed by atoms with van der Waals surface area (Å²) in [6.07, 6.45) is 1.25. The van der Waals surface area contributed by atoms with Gasteiger partial charge < -0.3 is 4.74 Å². The second-order valence-electron chi connectivity index (χ2n) is 3.88. The van der Waals surface area contributed by atoms with Crippen LogP contribution in [0.2, 0.25) is 5.02 Å². The number of anilines is 1. The van der Waals surface area contributed by atoms with E-state index in [1.165, 1.54) is 18.3 Å². The predicted molar refractivity (Wildman–Crippen MR) is 77.7 cm³/mol. The monoisotopic (exact) mass is 312 g/mol. The SMILES string of the molecule is CCOc1ccc(S(=O)(=O)Nc2ccc(Cl)cc2)cn1. The zero-order chi connectivity index (χ0) is 14.6. The minimum absolute atomic E-state index is 0.0657.